The summed E-state index contributed by atoms with van der Waals surface area (Å²) in [4.78, 5) is 38.4. The summed E-state index contributed by atoms with van der Waals surface area (Å²) in [5.41, 5.74) is -0.412. The van der Waals surface area contributed by atoms with Crippen LogP contribution in [-0.2, 0) is 4.79 Å². The molecule has 0 spiro atoms. The highest BCUT2D eigenvalue weighted by atomic mass is 16.4. The van der Waals surface area contributed by atoms with Crippen molar-refractivity contribution in [2.24, 2.45) is 0 Å². The van der Waals surface area contributed by atoms with E-state index < -0.39 is 23.3 Å². The lowest BCUT2D eigenvalue weighted by atomic mass is 10.2. The van der Waals surface area contributed by atoms with Gasteiger partial charge in [-0.25, -0.2) is 4.79 Å². The second-order valence-corrected chi connectivity index (χ2v) is 3.92. The van der Waals surface area contributed by atoms with Crippen molar-refractivity contribution >= 4 is 11.9 Å². The highest BCUT2D eigenvalue weighted by Crippen LogP contribution is 2.19. The average molecular weight is 236 g/mol. The van der Waals surface area contributed by atoms with Crippen molar-refractivity contribution in [1.29, 1.82) is 0 Å². The van der Waals surface area contributed by atoms with Gasteiger partial charge in [0.05, 0.1) is 0 Å². The number of rotatable bonds is 2. The van der Waals surface area contributed by atoms with Gasteiger partial charge in [0.15, 0.2) is 5.43 Å². The summed E-state index contributed by atoms with van der Waals surface area (Å²) in [6.07, 6.45) is 3.82. The number of carbonyl (C=O) groups is 2. The number of hydrogen-bond acceptors (Lipinski definition) is 3. The second-order valence-electron chi connectivity index (χ2n) is 3.92. The summed E-state index contributed by atoms with van der Waals surface area (Å²) in [6, 6.07) is 0.432. The van der Waals surface area contributed by atoms with E-state index in [9.17, 15) is 14.4 Å². The van der Waals surface area contributed by atoms with Crippen molar-refractivity contribution in [2.75, 3.05) is 6.54 Å². The Bertz CT molecular complexity index is 508. The molecule has 6 heteroatoms. The Morgan fingerprint density at radius 2 is 2.24 bits per heavy atom. The van der Waals surface area contributed by atoms with Crippen LogP contribution in [0, 0.1) is 0 Å². The van der Waals surface area contributed by atoms with Crippen LogP contribution >= 0.6 is 0 Å². The van der Waals surface area contributed by atoms with Crippen LogP contribution in [-0.4, -0.2) is 39.5 Å². The molecule has 0 aliphatic carbocycles. The number of aromatic nitrogens is 1. The third-order valence-corrected chi connectivity index (χ3v) is 2.85. The van der Waals surface area contributed by atoms with Gasteiger partial charge in [0.25, 0.3) is 5.91 Å². The fourth-order valence-corrected chi connectivity index (χ4v) is 2.00. The van der Waals surface area contributed by atoms with E-state index in [1.807, 2.05) is 0 Å². The number of carboxylic acids is 1. The Hall–Kier alpha value is -2.11. The molecule has 17 heavy (non-hydrogen) atoms. The largest absolute Gasteiger partial charge is 0.480 e. The molecule has 1 atom stereocenters. The van der Waals surface area contributed by atoms with Crippen molar-refractivity contribution in [2.45, 2.75) is 18.9 Å². The lowest BCUT2D eigenvalue weighted by Gasteiger charge is -2.20. The first-order valence-electron chi connectivity index (χ1n) is 5.32. The van der Waals surface area contributed by atoms with E-state index in [1.165, 1.54) is 23.4 Å². The Morgan fingerprint density at radius 1 is 1.47 bits per heavy atom. The van der Waals surface area contributed by atoms with E-state index in [1.54, 1.807) is 0 Å². The number of carboxylic acid groups (broad SMARTS) is 1. The van der Waals surface area contributed by atoms with E-state index in [2.05, 4.69) is 4.98 Å². The van der Waals surface area contributed by atoms with E-state index in [0.29, 0.717) is 19.4 Å². The molecule has 1 fully saturated rings. The number of likely N-dealkylation sites (tertiary alicyclic amines) is 1. The summed E-state index contributed by atoms with van der Waals surface area (Å²) in [6.45, 7) is 0.379. The molecule has 0 unspecified atom stereocenters. The summed E-state index contributed by atoms with van der Waals surface area (Å²) in [5.74, 6) is -1.54. The third kappa shape index (κ3) is 2.06. The number of pyridine rings is 1. The highest BCUT2D eigenvalue weighted by Gasteiger charge is 2.35. The van der Waals surface area contributed by atoms with E-state index in [4.69, 9.17) is 5.11 Å². The maximum atomic E-state index is 12.0. The van der Waals surface area contributed by atoms with Gasteiger partial charge in [-0.3, -0.25) is 9.59 Å². The van der Waals surface area contributed by atoms with Crippen LogP contribution in [0.15, 0.2) is 23.3 Å². The third-order valence-electron chi connectivity index (χ3n) is 2.85. The number of hydrogen-bond donors (Lipinski definition) is 2. The first-order valence-corrected chi connectivity index (χ1v) is 5.32. The molecular weight excluding hydrogens is 224 g/mol. The Kier molecular flexibility index (Phi) is 2.95. The quantitative estimate of drug-likeness (QED) is 0.759. The fourth-order valence-electron chi connectivity index (χ4n) is 2.00. The van der Waals surface area contributed by atoms with Crippen molar-refractivity contribution in [1.82, 2.24) is 9.88 Å². The van der Waals surface area contributed by atoms with Crippen LogP contribution in [0.1, 0.15) is 23.2 Å². The van der Waals surface area contributed by atoms with Gasteiger partial charge >= 0.3 is 5.97 Å². The Labute approximate surface area is 96.9 Å². The molecule has 1 aromatic heterocycles. The molecule has 1 saturated heterocycles. The van der Waals surface area contributed by atoms with Gasteiger partial charge in [0.1, 0.15) is 11.6 Å². The monoisotopic (exact) mass is 236 g/mol. The van der Waals surface area contributed by atoms with Gasteiger partial charge in [-0.05, 0) is 12.8 Å². The average Bonchev–Trinajstić information content (AvgIpc) is 2.77. The smallest absolute Gasteiger partial charge is 0.326 e. The van der Waals surface area contributed by atoms with Crippen LogP contribution in [0.4, 0.5) is 0 Å². The van der Waals surface area contributed by atoms with E-state index in [-0.39, 0.29) is 5.56 Å². The summed E-state index contributed by atoms with van der Waals surface area (Å²) in [7, 11) is 0. The number of carbonyl (C=O) groups excluding carboxylic acids is 1. The van der Waals surface area contributed by atoms with Crippen LogP contribution in [0.3, 0.4) is 0 Å². The van der Waals surface area contributed by atoms with Gasteiger partial charge in [0, 0.05) is 25.0 Å². The number of amides is 1. The molecule has 1 aromatic rings. The normalized spacial score (nSPS) is 19.3. The molecule has 2 heterocycles. The summed E-state index contributed by atoms with van der Waals surface area (Å²) in [5, 5.41) is 8.97. The first-order chi connectivity index (χ1) is 8.11. The minimum Gasteiger partial charge on any atom is -0.480 e. The summed E-state index contributed by atoms with van der Waals surface area (Å²) < 4.78 is 0. The molecule has 1 aliphatic rings. The zero-order chi connectivity index (χ0) is 12.4. The van der Waals surface area contributed by atoms with Gasteiger partial charge in [-0.2, -0.15) is 0 Å². The lowest BCUT2D eigenvalue weighted by Crippen LogP contribution is -2.42. The number of H-pyrrole nitrogens is 1. The summed E-state index contributed by atoms with van der Waals surface area (Å²) >= 11 is 0. The van der Waals surface area contributed by atoms with Crippen molar-refractivity contribution < 1.29 is 14.7 Å². The zero-order valence-electron chi connectivity index (χ0n) is 9.05. The molecule has 0 bridgehead atoms. The van der Waals surface area contributed by atoms with Crippen molar-refractivity contribution in [3.63, 3.8) is 0 Å². The molecular formula is C11H12N2O4. The first kappa shape index (κ1) is 11.4. The van der Waals surface area contributed by atoms with Gasteiger partial charge in [0.2, 0.25) is 0 Å². The highest BCUT2D eigenvalue weighted by molar-refractivity contribution is 5.96. The number of aliphatic carboxylic acids is 1. The van der Waals surface area contributed by atoms with Gasteiger partial charge in [-0.15, -0.1) is 0 Å². The molecule has 90 valence electrons. The zero-order valence-corrected chi connectivity index (χ0v) is 9.05. The van der Waals surface area contributed by atoms with Gasteiger partial charge < -0.3 is 15.0 Å². The Morgan fingerprint density at radius 3 is 2.88 bits per heavy atom. The minimum absolute atomic E-state index is 0.0133. The SMILES string of the molecule is O=C(O)[C@H]1CCCN1C(=O)c1c[nH]ccc1=O. The predicted molar refractivity (Wildman–Crippen MR) is 58.8 cm³/mol. The van der Waals surface area contributed by atoms with Crippen LogP contribution in [0.25, 0.3) is 0 Å². The molecule has 6 nitrogen and oxygen atoms in total. The molecule has 0 aromatic carbocycles. The fraction of sp³-hybridized carbons (Fsp3) is 0.364. The topological polar surface area (TPSA) is 90.5 Å². The number of aromatic amines is 1. The van der Waals surface area contributed by atoms with Crippen LogP contribution < -0.4 is 5.43 Å². The minimum atomic E-state index is -1.02. The van der Waals surface area contributed by atoms with E-state index in [0.717, 1.165) is 0 Å². The number of nitrogens with one attached hydrogen (secondary N) is 1. The maximum Gasteiger partial charge on any atom is 0.326 e. The van der Waals surface area contributed by atoms with Crippen molar-refractivity contribution in [3.8, 4) is 0 Å². The van der Waals surface area contributed by atoms with E-state index >= 15 is 0 Å². The molecule has 0 saturated carbocycles. The molecule has 2 N–H and O–H groups in total. The predicted octanol–water partition coefficient (Wildman–Crippen LogP) is 0.0641. The van der Waals surface area contributed by atoms with Crippen LogP contribution in [0.5, 0.6) is 0 Å². The molecule has 0 radical (unpaired) electrons. The number of nitrogens with zero attached hydrogens (tertiary/aromatic N) is 1. The van der Waals surface area contributed by atoms with Crippen molar-refractivity contribution in [3.05, 3.63) is 34.2 Å². The molecule has 1 amide bonds. The Balaban J connectivity index is 2.29. The second kappa shape index (κ2) is 4.40. The van der Waals surface area contributed by atoms with Gasteiger partial charge in [-0.1, -0.05) is 0 Å². The molecule has 1 aliphatic heterocycles. The lowest BCUT2D eigenvalue weighted by molar-refractivity contribution is -0.141. The maximum absolute atomic E-state index is 12.0. The standard InChI is InChI=1S/C11H12N2O4/c14-9-3-4-12-6-7(9)10(15)13-5-1-2-8(13)11(16)17/h3-4,6,8H,1-2,5H2,(H,12,14)(H,16,17)/t8-/m1/s1. The van der Waals surface area contributed by atoms with Crippen LogP contribution in [0.2, 0.25) is 0 Å². The molecule has 2 rings (SSSR count).